The number of ether oxygens (including phenoxy) is 1. The van der Waals surface area contributed by atoms with Crippen molar-refractivity contribution < 1.29 is 4.74 Å². The highest BCUT2D eigenvalue weighted by Crippen LogP contribution is 2.48. The Morgan fingerprint density at radius 3 is 2.30 bits per heavy atom. The second-order valence-corrected chi connectivity index (χ2v) is 8.83. The van der Waals surface area contributed by atoms with Crippen LogP contribution >= 0.6 is 11.3 Å². The van der Waals surface area contributed by atoms with Crippen LogP contribution in [0.5, 0.6) is 11.5 Å². The second kappa shape index (κ2) is 5.94. The van der Waals surface area contributed by atoms with Gasteiger partial charge in [0.1, 0.15) is 11.5 Å². The largest absolute Gasteiger partial charge is 0.456 e. The third kappa shape index (κ3) is 2.17. The van der Waals surface area contributed by atoms with E-state index >= 15 is 0 Å². The molecule has 1 nitrogen and oxygen atoms in total. The van der Waals surface area contributed by atoms with Crippen LogP contribution in [0.3, 0.4) is 0 Å². The maximum atomic E-state index is 6.29. The van der Waals surface area contributed by atoms with Crippen molar-refractivity contribution in [1.82, 2.24) is 0 Å². The Morgan fingerprint density at radius 2 is 1.33 bits per heavy atom. The number of hydrogen-bond acceptors (Lipinski definition) is 2. The molecule has 0 aliphatic carbocycles. The molecule has 0 radical (unpaired) electrons. The fourth-order valence-electron chi connectivity index (χ4n) is 4.75. The van der Waals surface area contributed by atoms with Crippen LogP contribution in [0.25, 0.3) is 53.2 Å². The van der Waals surface area contributed by atoms with E-state index in [0.717, 1.165) is 17.1 Å². The van der Waals surface area contributed by atoms with Crippen LogP contribution in [-0.4, -0.2) is 0 Å². The Balaban J connectivity index is 1.52. The summed E-state index contributed by atoms with van der Waals surface area (Å²) in [5.41, 5.74) is 4.91. The van der Waals surface area contributed by atoms with Crippen molar-refractivity contribution in [3.05, 3.63) is 97.1 Å². The number of rotatable bonds is 1. The van der Waals surface area contributed by atoms with Crippen molar-refractivity contribution in [2.45, 2.75) is 0 Å². The van der Waals surface area contributed by atoms with Crippen molar-refractivity contribution in [2.75, 3.05) is 0 Å². The first-order valence-corrected chi connectivity index (χ1v) is 10.9. The Morgan fingerprint density at radius 1 is 0.533 bits per heavy atom. The lowest BCUT2D eigenvalue weighted by molar-refractivity contribution is 0.487. The Kier molecular flexibility index (Phi) is 3.21. The molecule has 0 bridgehead atoms. The zero-order chi connectivity index (χ0) is 19.7. The fourth-order valence-corrected chi connectivity index (χ4v) is 5.88. The van der Waals surface area contributed by atoms with Gasteiger partial charge in [-0.15, -0.1) is 11.3 Å². The van der Waals surface area contributed by atoms with Crippen molar-refractivity contribution in [1.29, 1.82) is 0 Å². The Hall–Kier alpha value is -3.62. The van der Waals surface area contributed by atoms with E-state index in [1.807, 2.05) is 11.3 Å². The van der Waals surface area contributed by atoms with Crippen molar-refractivity contribution in [3.8, 4) is 33.8 Å². The third-order valence-electron chi connectivity index (χ3n) is 6.07. The summed E-state index contributed by atoms with van der Waals surface area (Å²) < 4.78 is 8.95. The minimum Gasteiger partial charge on any atom is -0.456 e. The molecule has 1 aliphatic heterocycles. The Labute approximate surface area is 177 Å². The summed E-state index contributed by atoms with van der Waals surface area (Å²) >= 11 is 1.86. The van der Waals surface area contributed by atoms with E-state index in [-0.39, 0.29) is 0 Å². The fraction of sp³-hybridized carbons (Fsp3) is 0. The monoisotopic (exact) mass is 400 g/mol. The normalized spacial score (nSPS) is 12.3. The molecular formula is C28H16OS. The van der Waals surface area contributed by atoms with E-state index in [0.29, 0.717) is 0 Å². The van der Waals surface area contributed by atoms with Crippen LogP contribution < -0.4 is 4.74 Å². The second-order valence-electron chi connectivity index (χ2n) is 7.75. The van der Waals surface area contributed by atoms with Gasteiger partial charge in [0.05, 0.1) is 0 Å². The number of thiophene rings is 1. The summed E-state index contributed by atoms with van der Waals surface area (Å²) in [4.78, 5) is 0. The molecule has 6 aromatic rings. The van der Waals surface area contributed by atoms with Gasteiger partial charge < -0.3 is 4.74 Å². The number of benzene rings is 5. The molecule has 0 spiro atoms. The lowest BCUT2D eigenvalue weighted by Crippen LogP contribution is -1.97. The van der Waals surface area contributed by atoms with Gasteiger partial charge in [-0.3, -0.25) is 0 Å². The first-order valence-electron chi connectivity index (χ1n) is 10.1. The highest BCUT2D eigenvalue weighted by atomic mass is 32.1. The van der Waals surface area contributed by atoms with Crippen LogP contribution in [0, 0.1) is 0 Å². The minimum atomic E-state index is 0.923. The van der Waals surface area contributed by atoms with Gasteiger partial charge in [-0.05, 0) is 52.4 Å². The molecular weight excluding hydrogens is 384 g/mol. The number of hydrogen-bond donors (Lipinski definition) is 0. The molecule has 0 saturated heterocycles. The topological polar surface area (TPSA) is 9.23 Å². The van der Waals surface area contributed by atoms with Crippen LogP contribution in [-0.2, 0) is 0 Å². The molecule has 0 unspecified atom stereocenters. The van der Waals surface area contributed by atoms with Gasteiger partial charge in [0.2, 0.25) is 0 Å². The lowest BCUT2D eigenvalue weighted by Gasteiger charge is -2.22. The molecule has 7 rings (SSSR count). The van der Waals surface area contributed by atoms with Crippen LogP contribution in [0.4, 0.5) is 0 Å². The van der Waals surface area contributed by atoms with Crippen LogP contribution in [0.15, 0.2) is 97.1 Å². The van der Waals surface area contributed by atoms with Gasteiger partial charge in [-0.2, -0.15) is 0 Å². The molecule has 2 heteroatoms. The molecule has 0 N–H and O–H groups in total. The molecule has 2 heterocycles. The van der Waals surface area contributed by atoms with E-state index < -0.39 is 0 Å². The molecule has 5 aromatic carbocycles. The number of fused-ring (bicyclic) bond motifs is 5. The van der Waals surface area contributed by atoms with Gasteiger partial charge in [-0.1, -0.05) is 66.7 Å². The standard InChI is InChI=1S/C28H16OS/c1-2-12-25-21(8-1)28-19(9-5-13-26(28)30-25)18-14-15-23-22(16-18)20-10-3-6-17-7-4-11-24(29-23)27(17)20/h1-16H. The van der Waals surface area contributed by atoms with E-state index in [9.17, 15) is 0 Å². The summed E-state index contributed by atoms with van der Waals surface area (Å²) in [5.74, 6) is 1.86. The van der Waals surface area contributed by atoms with Crippen molar-refractivity contribution >= 4 is 42.3 Å². The molecule has 1 aromatic heterocycles. The van der Waals surface area contributed by atoms with Crippen molar-refractivity contribution in [2.24, 2.45) is 0 Å². The summed E-state index contributed by atoms with van der Waals surface area (Å²) in [6.07, 6.45) is 0. The molecule has 0 amide bonds. The smallest absolute Gasteiger partial charge is 0.135 e. The predicted molar refractivity (Wildman–Crippen MR) is 128 cm³/mol. The highest BCUT2D eigenvalue weighted by Gasteiger charge is 2.21. The summed E-state index contributed by atoms with van der Waals surface area (Å²) in [6.45, 7) is 0. The zero-order valence-corrected chi connectivity index (χ0v) is 16.9. The van der Waals surface area contributed by atoms with Crippen molar-refractivity contribution in [3.63, 3.8) is 0 Å². The average Bonchev–Trinajstić information content (AvgIpc) is 3.18. The quantitative estimate of drug-likeness (QED) is 0.268. The van der Waals surface area contributed by atoms with Gasteiger partial charge in [0.15, 0.2) is 0 Å². The maximum absolute atomic E-state index is 6.29. The van der Waals surface area contributed by atoms with Crippen LogP contribution in [0.2, 0.25) is 0 Å². The summed E-state index contributed by atoms with van der Waals surface area (Å²) in [7, 11) is 0. The molecule has 0 saturated carbocycles. The summed E-state index contributed by atoms with van der Waals surface area (Å²) in [5, 5.41) is 5.08. The van der Waals surface area contributed by atoms with Gasteiger partial charge in [0, 0.05) is 31.1 Å². The average molecular weight is 401 g/mol. The predicted octanol–water partition coefficient (Wildman–Crippen LogP) is 8.65. The molecule has 0 atom stereocenters. The highest BCUT2D eigenvalue weighted by molar-refractivity contribution is 7.25. The van der Waals surface area contributed by atoms with E-state index in [2.05, 4.69) is 97.1 Å². The van der Waals surface area contributed by atoms with E-state index in [4.69, 9.17) is 4.74 Å². The molecule has 0 fully saturated rings. The first kappa shape index (κ1) is 16.2. The van der Waals surface area contributed by atoms with E-state index in [1.54, 1.807) is 0 Å². The minimum absolute atomic E-state index is 0.923. The molecule has 1 aliphatic rings. The first-order chi connectivity index (χ1) is 14.9. The van der Waals surface area contributed by atoms with Gasteiger partial charge in [-0.25, -0.2) is 0 Å². The SMILES string of the molecule is c1cc2c3c(cccc3c1)-c1cc(-c3cccc4sc5ccccc5c34)ccc1O2. The Bertz CT molecular complexity index is 1620. The van der Waals surface area contributed by atoms with E-state index in [1.165, 1.54) is 47.6 Å². The molecule has 140 valence electrons. The van der Waals surface area contributed by atoms with Crippen LogP contribution in [0.1, 0.15) is 0 Å². The van der Waals surface area contributed by atoms with Gasteiger partial charge >= 0.3 is 0 Å². The van der Waals surface area contributed by atoms with Gasteiger partial charge in [0.25, 0.3) is 0 Å². The maximum Gasteiger partial charge on any atom is 0.135 e. The molecule has 30 heavy (non-hydrogen) atoms. The third-order valence-corrected chi connectivity index (χ3v) is 7.21. The zero-order valence-electron chi connectivity index (χ0n) is 16.1. The lowest BCUT2D eigenvalue weighted by atomic mass is 9.91. The summed E-state index contributed by atoms with van der Waals surface area (Å²) in [6, 6.07) is 34.7.